The maximum absolute atomic E-state index is 13.5. The van der Waals surface area contributed by atoms with Crippen LogP contribution in [0.4, 0.5) is 16.0 Å². The average molecular weight is 274 g/mol. The number of aromatic nitrogens is 2. The highest BCUT2D eigenvalue weighted by Crippen LogP contribution is 2.19. The summed E-state index contributed by atoms with van der Waals surface area (Å²) in [6.45, 7) is 4.43. The third-order valence-electron chi connectivity index (χ3n) is 3.14. The van der Waals surface area contributed by atoms with Crippen molar-refractivity contribution in [3.63, 3.8) is 0 Å². The second-order valence-corrected chi connectivity index (χ2v) is 4.61. The van der Waals surface area contributed by atoms with E-state index in [1.807, 2.05) is 27.0 Å². The molecule has 0 spiro atoms. The van der Waals surface area contributed by atoms with Gasteiger partial charge < -0.3 is 10.6 Å². The van der Waals surface area contributed by atoms with E-state index in [-0.39, 0.29) is 5.82 Å². The van der Waals surface area contributed by atoms with Gasteiger partial charge in [-0.25, -0.2) is 14.4 Å². The summed E-state index contributed by atoms with van der Waals surface area (Å²) in [5.41, 5.74) is 1.67. The highest BCUT2D eigenvalue weighted by molar-refractivity contribution is 5.56. The number of halogens is 1. The normalized spacial score (nSPS) is 10.4. The minimum atomic E-state index is -0.166. The van der Waals surface area contributed by atoms with Gasteiger partial charge in [0.25, 0.3) is 0 Å². The van der Waals surface area contributed by atoms with Gasteiger partial charge in [-0.3, -0.25) is 0 Å². The summed E-state index contributed by atoms with van der Waals surface area (Å²) in [6.07, 6.45) is 0.615. The van der Waals surface area contributed by atoms with Crippen molar-refractivity contribution in [3.05, 3.63) is 47.0 Å². The molecule has 2 N–H and O–H groups in total. The third-order valence-corrected chi connectivity index (χ3v) is 3.14. The van der Waals surface area contributed by atoms with Crippen LogP contribution in [-0.4, -0.2) is 23.6 Å². The van der Waals surface area contributed by atoms with Crippen molar-refractivity contribution in [2.45, 2.75) is 20.3 Å². The lowest BCUT2D eigenvalue weighted by molar-refractivity contribution is 0.610. The van der Waals surface area contributed by atoms with Crippen LogP contribution in [0.25, 0.3) is 0 Å². The molecular weight excluding hydrogens is 255 g/mol. The van der Waals surface area contributed by atoms with Gasteiger partial charge in [0.2, 0.25) is 0 Å². The summed E-state index contributed by atoms with van der Waals surface area (Å²) in [7, 11) is 1.83. The van der Waals surface area contributed by atoms with Crippen LogP contribution in [0.3, 0.4) is 0 Å². The molecule has 0 unspecified atom stereocenters. The molecule has 1 aromatic heterocycles. The number of benzene rings is 1. The summed E-state index contributed by atoms with van der Waals surface area (Å²) in [5.74, 6) is 2.14. The molecule has 2 aromatic rings. The van der Waals surface area contributed by atoms with Gasteiger partial charge in [-0.05, 0) is 31.9 Å². The predicted octanol–water partition coefficient (Wildman–Crippen LogP) is 2.93. The number of rotatable bonds is 5. The van der Waals surface area contributed by atoms with Gasteiger partial charge in [0.1, 0.15) is 23.3 Å². The maximum atomic E-state index is 13.5. The summed E-state index contributed by atoms with van der Waals surface area (Å²) in [4.78, 5) is 8.69. The molecule has 0 saturated heterocycles. The molecule has 4 nitrogen and oxygen atoms in total. The molecule has 0 fully saturated rings. The molecular formula is C15H19FN4. The van der Waals surface area contributed by atoms with E-state index in [2.05, 4.69) is 20.6 Å². The lowest BCUT2D eigenvalue weighted by Crippen LogP contribution is -2.11. The Balaban J connectivity index is 2.05. The Bertz CT molecular complexity index is 598. The van der Waals surface area contributed by atoms with Crippen molar-refractivity contribution in [2.24, 2.45) is 0 Å². The molecule has 1 heterocycles. The smallest absolute Gasteiger partial charge is 0.134 e. The number of anilines is 2. The van der Waals surface area contributed by atoms with Crippen molar-refractivity contribution in [1.29, 1.82) is 0 Å². The molecule has 0 bridgehead atoms. The topological polar surface area (TPSA) is 49.8 Å². The summed E-state index contributed by atoms with van der Waals surface area (Å²) in [6, 6.07) is 6.82. The summed E-state index contributed by atoms with van der Waals surface area (Å²) in [5, 5.41) is 6.29. The predicted molar refractivity (Wildman–Crippen MR) is 79.6 cm³/mol. The zero-order valence-electron chi connectivity index (χ0n) is 12.0. The monoisotopic (exact) mass is 274 g/mol. The minimum Gasteiger partial charge on any atom is -0.373 e. The van der Waals surface area contributed by atoms with Crippen LogP contribution in [0.15, 0.2) is 24.3 Å². The van der Waals surface area contributed by atoms with E-state index in [4.69, 9.17) is 0 Å². The lowest BCUT2D eigenvalue weighted by atomic mass is 10.1. The van der Waals surface area contributed by atoms with E-state index in [0.29, 0.717) is 24.4 Å². The molecule has 106 valence electrons. The first-order chi connectivity index (χ1) is 9.61. The van der Waals surface area contributed by atoms with Crippen molar-refractivity contribution in [1.82, 2.24) is 9.97 Å². The number of nitrogens with zero attached hydrogens (tertiary/aromatic N) is 2. The zero-order valence-corrected chi connectivity index (χ0v) is 12.0. The molecule has 0 atom stereocenters. The molecule has 0 saturated carbocycles. The molecule has 0 amide bonds. The highest BCUT2D eigenvalue weighted by Gasteiger charge is 2.08. The fraction of sp³-hybridized carbons (Fsp3) is 0.333. The van der Waals surface area contributed by atoms with Crippen LogP contribution in [0.2, 0.25) is 0 Å². The molecule has 0 aliphatic carbocycles. The van der Waals surface area contributed by atoms with Crippen molar-refractivity contribution in [3.8, 4) is 0 Å². The van der Waals surface area contributed by atoms with Gasteiger partial charge >= 0.3 is 0 Å². The van der Waals surface area contributed by atoms with E-state index in [0.717, 1.165) is 17.2 Å². The van der Waals surface area contributed by atoms with Gasteiger partial charge in [0.05, 0.1) is 0 Å². The molecule has 20 heavy (non-hydrogen) atoms. The minimum absolute atomic E-state index is 0.166. The molecule has 0 radical (unpaired) electrons. The Morgan fingerprint density at radius 1 is 1.10 bits per heavy atom. The Morgan fingerprint density at radius 3 is 2.50 bits per heavy atom. The van der Waals surface area contributed by atoms with Crippen molar-refractivity contribution >= 4 is 11.6 Å². The van der Waals surface area contributed by atoms with E-state index in [1.54, 1.807) is 12.1 Å². The van der Waals surface area contributed by atoms with Crippen LogP contribution in [0, 0.1) is 19.7 Å². The van der Waals surface area contributed by atoms with Crippen LogP contribution in [-0.2, 0) is 6.42 Å². The Morgan fingerprint density at radius 2 is 1.80 bits per heavy atom. The number of nitrogens with one attached hydrogen (secondary N) is 2. The zero-order chi connectivity index (χ0) is 14.5. The van der Waals surface area contributed by atoms with Gasteiger partial charge in [-0.1, -0.05) is 18.2 Å². The van der Waals surface area contributed by atoms with Gasteiger partial charge in [0, 0.05) is 19.2 Å². The Labute approximate surface area is 118 Å². The SMILES string of the molecule is CNc1nc(C)nc(NCCc2ccccc2F)c1C. The second-order valence-electron chi connectivity index (χ2n) is 4.61. The fourth-order valence-electron chi connectivity index (χ4n) is 2.06. The van der Waals surface area contributed by atoms with Crippen LogP contribution in [0.1, 0.15) is 17.0 Å². The quantitative estimate of drug-likeness (QED) is 0.880. The summed E-state index contributed by atoms with van der Waals surface area (Å²) < 4.78 is 13.5. The van der Waals surface area contributed by atoms with Crippen LogP contribution in [0.5, 0.6) is 0 Å². The molecule has 5 heteroatoms. The van der Waals surface area contributed by atoms with Crippen LogP contribution >= 0.6 is 0 Å². The molecule has 1 aromatic carbocycles. The maximum Gasteiger partial charge on any atom is 0.134 e. The van der Waals surface area contributed by atoms with E-state index < -0.39 is 0 Å². The molecule has 2 rings (SSSR count). The fourth-order valence-corrected chi connectivity index (χ4v) is 2.06. The lowest BCUT2D eigenvalue weighted by Gasteiger charge is -2.12. The van der Waals surface area contributed by atoms with Gasteiger partial charge in [0.15, 0.2) is 0 Å². The van der Waals surface area contributed by atoms with E-state index >= 15 is 0 Å². The first-order valence-electron chi connectivity index (χ1n) is 6.62. The molecule has 0 aliphatic rings. The summed E-state index contributed by atoms with van der Waals surface area (Å²) >= 11 is 0. The van der Waals surface area contributed by atoms with Gasteiger partial charge in [-0.2, -0.15) is 0 Å². The van der Waals surface area contributed by atoms with Crippen molar-refractivity contribution < 1.29 is 4.39 Å². The Kier molecular flexibility index (Phi) is 4.50. The van der Waals surface area contributed by atoms with E-state index in [1.165, 1.54) is 6.07 Å². The number of hydrogen-bond donors (Lipinski definition) is 2. The molecule has 0 aliphatic heterocycles. The number of aryl methyl sites for hydroxylation is 1. The number of hydrogen-bond acceptors (Lipinski definition) is 4. The first kappa shape index (κ1) is 14.2. The van der Waals surface area contributed by atoms with Crippen molar-refractivity contribution in [2.75, 3.05) is 24.2 Å². The van der Waals surface area contributed by atoms with Gasteiger partial charge in [-0.15, -0.1) is 0 Å². The van der Waals surface area contributed by atoms with E-state index in [9.17, 15) is 4.39 Å². The average Bonchev–Trinajstić information content (AvgIpc) is 2.44. The first-order valence-corrected chi connectivity index (χ1v) is 6.62. The standard InChI is InChI=1S/C15H19FN4/c1-10-14(17-3)19-11(2)20-15(10)18-9-8-12-6-4-5-7-13(12)16/h4-7H,8-9H2,1-3H3,(H2,17,18,19,20). The third kappa shape index (κ3) is 3.23. The Hall–Kier alpha value is -2.17. The second kappa shape index (κ2) is 6.32. The van der Waals surface area contributed by atoms with Crippen LogP contribution < -0.4 is 10.6 Å². The largest absolute Gasteiger partial charge is 0.373 e. The highest BCUT2D eigenvalue weighted by atomic mass is 19.1.